The molecule has 0 unspecified atom stereocenters. The third kappa shape index (κ3) is 6.72. The zero-order valence-corrected chi connectivity index (χ0v) is 32.3. The highest BCUT2D eigenvalue weighted by Crippen LogP contribution is 2.50. The summed E-state index contributed by atoms with van der Waals surface area (Å²) in [4.78, 5) is 4.36. The average molecular weight is 737 g/mol. The molecule has 0 aromatic heterocycles. The summed E-state index contributed by atoms with van der Waals surface area (Å²) in [5.41, 5.74) is 3.95. The van der Waals surface area contributed by atoms with Crippen molar-refractivity contribution < 1.29 is 0 Å². The molecule has 2 aliphatic rings. The average Bonchev–Trinajstić information content (AvgIpc) is 3.25. The monoisotopic (exact) mass is 736 g/mol. The fourth-order valence-electron chi connectivity index (χ4n) is 7.20. The maximum absolute atomic E-state index is 5.83. The predicted molar refractivity (Wildman–Crippen MR) is 232 cm³/mol. The van der Waals surface area contributed by atoms with Crippen LogP contribution in [-0.2, 0) is 0 Å². The molecule has 8 rings (SSSR count). The first-order chi connectivity index (χ1) is 26.6. The molecule has 0 saturated carbocycles. The van der Waals surface area contributed by atoms with Crippen LogP contribution in [0.3, 0.4) is 0 Å². The summed E-state index contributed by atoms with van der Waals surface area (Å²) >= 11 is 0. The lowest BCUT2D eigenvalue weighted by molar-refractivity contribution is 0.511. The van der Waals surface area contributed by atoms with Gasteiger partial charge in [-0.05, 0) is 24.3 Å². The van der Waals surface area contributed by atoms with Crippen molar-refractivity contribution in [1.82, 2.24) is 9.80 Å². The van der Waals surface area contributed by atoms with Crippen LogP contribution in [0.4, 0.5) is 0 Å². The molecule has 2 aliphatic heterocycles. The van der Waals surface area contributed by atoms with E-state index in [9.17, 15) is 0 Å². The van der Waals surface area contributed by atoms with Crippen molar-refractivity contribution in [3.63, 3.8) is 0 Å². The summed E-state index contributed by atoms with van der Waals surface area (Å²) in [6, 6.07) is 64.7. The van der Waals surface area contributed by atoms with Gasteiger partial charge in [-0.3, -0.25) is 9.49 Å². The van der Waals surface area contributed by atoms with Crippen LogP contribution in [-0.4, -0.2) is 23.9 Å². The highest BCUT2D eigenvalue weighted by Gasteiger charge is 2.30. The first-order valence-electron chi connectivity index (χ1n) is 18.2. The fraction of sp³-hybridized carbons (Fsp3) is 0.0417. The Bertz CT molecular complexity index is 2120. The van der Waals surface area contributed by atoms with Gasteiger partial charge < -0.3 is 9.80 Å². The molecule has 0 aliphatic carbocycles. The summed E-state index contributed by atoms with van der Waals surface area (Å²) in [5.74, 6) is 0. The van der Waals surface area contributed by atoms with Gasteiger partial charge in [0, 0.05) is 58.3 Å². The molecule has 0 atom stereocenters. The highest BCUT2D eigenvalue weighted by molar-refractivity contribution is 7.87. The van der Waals surface area contributed by atoms with Crippen molar-refractivity contribution in [2.24, 2.45) is 9.49 Å². The standard InChI is InChI=1S/C48H42N4P2/c1-51-35-33-39(49-53(41-21-9-3-10-22-41,42-23-11-4-12-24-42)43-25-13-5-14-26-43)37-47(51)48-38-40(34-36-52(48)2)50-54(44-27-15-6-16-28-44,45-29-17-7-18-30-45)46-31-19-8-20-32-46/h3-38H,1-2H3/b48-47-. The molecule has 0 bridgehead atoms. The smallest absolute Gasteiger partial charge is 0.0667 e. The number of benzene rings is 6. The Morgan fingerprint density at radius 1 is 0.333 bits per heavy atom. The number of likely N-dealkylation sites (N-methyl/N-ethyl adjacent to an activating group) is 2. The third-order valence-electron chi connectivity index (χ3n) is 9.84. The van der Waals surface area contributed by atoms with Gasteiger partial charge in [-0.2, -0.15) is 0 Å². The summed E-state index contributed by atoms with van der Waals surface area (Å²) in [6.07, 6.45) is 13.0. The van der Waals surface area contributed by atoms with E-state index in [1.165, 1.54) is 31.8 Å². The molecule has 6 aromatic rings. The van der Waals surface area contributed by atoms with Crippen molar-refractivity contribution in [2.75, 3.05) is 14.1 Å². The molecule has 54 heavy (non-hydrogen) atoms. The zero-order valence-electron chi connectivity index (χ0n) is 30.5. The molecule has 2 heterocycles. The lowest BCUT2D eigenvalue weighted by Gasteiger charge is -2.31. The topological polar surface area (TPSA) is 31.2 Å². The number of nitrogens with zero attached hydrogens (tertiary/aromatic N) is 4. The van der Waals surface area contributed by atoms with Gasteiger partial charge in [-0.15, -0.1) is 0 Å². The van der Waals surface area contributed by atoms with E-state index >= 15 is 0 Å². The van der Waals surface area contributed by atoms with Crippen molar-refractivity contribution in [2.45, 2.75) is 0 Å². The van der Waals surface area contributed by atoms with Crippen molar-refractivity contribution in [1.29, 1.82) is 0 Å². The summed E-state index contributed by atoms with van der Waals surface area (Å²) in [5, 5.41) is 7.29. The predicted octanol–water partition coefficient (Wildman–Crippen LogP) is 9.24. The second kappa shape index (κ2) is 15.6. The lowest BCUT2D eigenvalue weighted by atomic mass is 10.1. The molecular formula is C48H42N4P2. The molecule has 264 valence electrons. The van der Waals surface area contributed by atoms with Crippen LogP contribution in [0, 0.1) is 0 Å². The quantitative estimate of drug-likeness (QED) is 0.146. The minimum atomic E-state index is -2.46. The van der Waals surface area contributed by atoms with Crippen LogP contribution in [0.1, 0.15) is 0 Å². The van der Waals surface area contributed by atoms with Crippen LogP contribution in [0.5, 0.6) is 0 Å². The largest absolute Gasteiger partial charge is 0.349 e. The Labute approximate surface area is 319 Å². The summed E-state index contributed by atoms with van der Waals surface area (Å²) in [7, 11) is -0.710. The molecular weight excluding hydrogens is 695 g/mol. The van der Waals surface area contributed by atoms with Crippen molar-refractivity contribution in [3.8, 4) is 0 Å². The molecule has 6 aromatic carbocycles. The van der Waals surface area contributed by atoms with Gasteiger partial charge in [0.15, 0.2) is 0 Å². The second-order valence-electron chi connectivity index (χ2n) is 13.2. The molecule has 0 spiro atoms. The Kier molecular flexibility index (Phi) is 10.1. The van der Waals surface area contributed by atoms with E-state index < -0.39 is 14.1 Å². The molecule has 4 nitrogen and oxygen atoms in total. The van der Waals surface area contributed by atoms with E-state index in [1.54, 1.807) is 0 Å². The van der Waals surface area contributed by atoms with Crippen LogP contribution in [0.2, 0.25) is 0 Å². The van der Waals surface area contributed by atoms with Gasteiger partial charge in [-0.1, -0.05) is 182 Å². The number of rotatable bonds is 8. The van der Waals surface area contributed by atoms with Gasteiger partial charge in [0.25, 0.3) is 0 Å². The Balaban J connectivity index is 1.36. The van der Waals surface area contributed by atoms with Gasteiger partial charge in [0.05, 0.1) is 36.9 Å². The van der Waals surface area contributed by atoms with Gasteiger partial charge in [0.2, 0.25) is 0 Å². The normalized spacial score (nSPS) is 15.7. The molecule has 0 fully saturated rings. The highest BCUT2D eigenvalue weighted by atomic mass is 31.2. The van der Waals surface area contributed by atoms with E-state index in [2.05, 4.69) is 243 Å². The zero-order chi connectivity index (χ0) is 36.8. The Morgan fingerprint density at radius 2 is 0.556 bits per heavy atom. The maximum Gasteiger partial charge on any atom is 0.0667 e. The summed E-state index contributed by atoms with van der Waals surface area (Å²) in [6.45, 7) is 0. The lowest BCUT2D eigenvalue weighted by Crippen LogP contribution is -2.26. The first kappa shape index (κ1) is 35.1. The number of hydrogen-bond acceptors (Lipinski definition) is 4. The molecule has 6 heteroatoms. The molecule has 0 amide bonds. The van der Waals surface area contributed by atoms with E-state index in [0.29, 0.717) is 0 Å². The first-order valence-corrected chi connectivity index (χ1v) is 21.6. The number of allylic oxidation sites excluding steroid dienone is 4. The Hall–Kier alpha value is -5.92. The van der Waals surface area contributed by atoms with Crippen LogP contribution in [0.15, 0.2) is 251 Å². The van der Waals surface area contributed by atoms with Gasteiger partial charge in [0.1, 0.15) is 0 Å². The minimum Gasteiger partial charge on any atom is -0.349 e. The minimum absolute atomic E-state index is 0.926. The molecule has 0 radical (unpaired) electrons. The molecule has 0 saturated heterocycles. The van der Waals surface area contributed by atoms with Gasteiger partial charge in [-0.25, -0.2) is 0 Å². The van der Waals surface area contributed by atoms with Crippen molar-refractivity contribution in [3.05, 3.63) is 241 Å². The van der Waals surface area contributed by atoms with E-state index in [4.69, 9.17) is 9.49 Å². The van der Waals surface area contributed by atoms with E-state index in [0.717, 1.165) is 22.8 Å². The fourth-order valence-corrected chi connectivity index (χ4v) is 14.2. The number of hydrogen-bond donors (Lipinski definition) is 0. The van der Waals surface area contributed by atoms with Gasteiger partial charge >= 0.3 is 0 Å². The second-order valence-corrected chi connectivity index (χ2v) is 19.3. The Morgan fingerprint density at radius 3 is 0.778 bits per heavy atom. The van der Waals surface area contributed by atoms with Crippen LogP contribution < -0.4 is 31.8 Å². The van der Waals surface area contributed by atoms with Crippen LogP contribution in [0.25, 0.3) is 0 Å². The van der Waals surface area contributed by atoms with E-state index in [-0.39, 0.29) is 0 Å². The summed E-state index contributed by atoms with van der Waals surface area (Å²) < 4.78 is 11.7. The van der Waals surface area contributed by atoms with E-state index in [1.807, 2.05) is 0 Å². The van der Waals surface area contributed by atoms with Crippen molar-refractivity contribution >= 4 is 45.9 Å². The SMILES string of the molecule is CN1C=CC(N=P(c2ccccc2)(c2ccccc2)c2ccccc2)=C/C1=C1\C=C(N=P(c2ccccc2)(c2ccccc2)c2ccccc2)C=CN1C. The molecule has 0 N–H and O–H groups in total. The maximum atomic E-state index is 5.83. The third-order valence-corrected chi connectivity index (χ3v) is 17.2. The van der Waals surface area contributed by atoms with Crippen LogP contribution >= 0.6 is 14.1 Å².